The third-order valence-electron chi connectivity index (χ3n) is 3.53. The summed E-state index contributed by atoms with van der Waals surface area (Å²) in [4.78, 5) is 6.74. The number of nitrogens with two attached hydrogens (primary N) is 1. The lowest BCUT2D eigenvalue weighted by Gasteiger charge is -2.20. The molecular formula is C17H23N3O. The van der Waals surface area contributed by atoms with Gasteiger partial charge in [-0.3, -0.25) is 9.88 Å². The minimum Gasteiger partial charge on any atom is -0.496 e. The van der Waals surface area contributed by atoms with Gasteiger partial charge >= 0.3 is 0 Å². The number of hydrogen-bond donors (Lipinski definition) is 1. The number of ether oxygens (including phenoxy) is 1. The molecule has 2 N–H and O–H groups in total. The highest BCUT2D eigenvalue weighted by Crippen LogP contribution is 2.20. The molecule has 0 aliphatic carbocycles. The molecule has 0 unspecified atom stereocenters. The lowest BCUT2D eigenvalue weighted by molar-refractivity contribution is 0.268. The Labute approximate surface area is 126 Å². The van der Waals surface area contributed by atoms with Crippen LogP contribution in [0, 0.1) is 0 Å². The van der Waals surface area contributed by atoms with E-state index in [1.807, 2.05) is 24.4 Å². The summed E-state index contributed by atoms with van der Waals surface area (Å²) in [7, 11) is 1.67. The molecule has 1 heterocycles. The van der Waals surface area contributed by atoms with Crippen molar-refractivity contribution in [3.8, 4) is 5.75 Å². The van der Waals surface area contributed by atoms with Crippen LogP contribution < -0.4 is 10.5 Å². The molecule has 2 rings (SSSR count). The van der Waals surface area contributed by atoms with E-state index < -0.39 is 0 Å². The van der Waals surface area contributed by atoms with E-state index in [2.05, 4.69) is 35.0 Å². The first kappa shape index (κ1) is 15.5. The van der Waals surface area contributed by atoms with Gasteiger partial charge in [0.15, 0.2) is 0 Å². The predicted molar refractivity (Wildman–Crippen MR) is 84.9 cm³/mol. The van der Waals surface area contributed by atoms with Gasteiger partial charge in [0.25, 0.3) is 0 Å². The van der Waals surface area contributed by atoms with Crippen molar-refractivity contribution >= 4 is 0 Å². The summed E-state index contributed by atoms with van der Waals surface area (Å²) in [6, 6.07) is 12.2. The molecule has 0 fully saturated rings. The monoisotopic (exact) mass is 285 g/mol. The lowest BCUT2D eigenvalue weighted by atomic mass is 10.1. The van der Waals surface area contributed by atoms with Crippen molar-refractivity contribution in [2.45, 2.75) is 26.6 Å². The van der Waals surface area contributed by atoms with Crippen LogP contribution in [0.3, 0.4) is 0 Å². The average molecular weight is 285 g/mol. The number of rotatable bonds is 7. The van der Waals surface area contributed by atoms with Crippen molar-refractivity contribution in [2.75, 3.05) is 13.7 Å². The fourth-order valence-electron chi connectivity index (χ4n) is 2.35. The van der Waals surface area contributed by atoms with Gasteiger partial charge in [-0.15, -0.1) is 0 Å². The molecule has 0 atom stereocenters. The van der Waals surface area contributed by atoms with Crippen LogP contribution in [-0.2, 0) is 19.6 Å². The Hall–Kier alpha value is -1.91. The maximum atomic E-state index is 5.78. The van der Waals surface area contributed by atoms with Crippen LogP contribution in [0.25, 0.3) is 0 Å². The molecule has 0 spiro atoms. The van der Waals surface area contributed by atoms with E-state index in [0.29, 0.717) is 6.54 Å². The molecule has 0 bridgehead atoms. The third kappa shape index (κ3) is 4.28. The summed E-state index contributed by atoms with van der Waals surface area (Å²) in [6.07, 6.45) is 1.84. The molecule has 112 valence electrons. The first-order valence-corrected chi connectivity index (χ1v) is 7.25. The molecule has 1 aromatic carbocycles. The van der Waals surface area contributed by atoms with E-state index in [9.17, 15) is 0 Å². The number of benzene rings is 1. The highest BCUT2D eigenvalue weighted by Gasteiger charge is 2.08. The van der Waals surface area contributed by atoms with Gasteiger partial charge in [0.05, 0.1) is 12.8 Å². The second-order valence-electron chi connectivity index (χ2n) is 4.97. The Balaban J connectivity index is 2.08. The van der Waals surface area contributed by atoms with Crippen LogP contribution in [0.15, 0.2) is 42.6 Å². The average Bonchev–Trinajstić information content (AvgIpc) is 2.55. The number of nitrogens with zero attached hydrogens (tertiary/aromatic N) is 2. The number of aromatic nitrogens is 1. The van der Waals surface area contributed by atoms with Crippen LogP contribution in [0.1, 0.15) is 23.7 Å². The van der Waals surface area contributed by atoms with Crippen LogP contribution in [-0.4, -0.2) is 23.5 Å². The van der Waals surface area contributed by atoms with Crippen molar-refractivity contribution in [3.05, 3.63) is 59.4 Å². The van der Waals surface area contributed by atoms with E-state index in [1.54, 1.807) is 7.11 Å². The van der Waals surface area contributed by atoms with Gasteiger partial charge in [-0.05, 0) is 36.4 Å². The lowest BCUT2D eigenvalue weighted by Crippen LogP contribution is -2.23. The largest absolute Gasteiger partial charge is 0.496 e. The molecule has 0 saturated heterocycles. The Bertz CT molecular complexity index is 557. The van der Waals surface area contributed by atoms with Gasteiger partial charge in [-0.25, -0.2) is 0 Å². The summed E-state index contributed by atoms with van der Waals surface area (Å²) in [5.74, 6) is 0.856. The maximum absolute atomic E-state index is 5.78. The topological polar surface area (TPSA) is 51.4 Å². The van der Waals surface area contributed by atoms with Gasteiger partial charge in [0.2, 0.25) is 0 Å². The van der Waals surface area contributed by atoms with E-state index in [0.717, 1.165) is 36.6 Å². The van der Waals surface area contributed by atoms with Gasteiger partial charge in [0.1, 0.15) is 5.75 Å². The molecular weight excluding hydrogens is 262 g/mol. The standard InChI is InChI=1S/C17H23N3O/c1-3-20(13-16-6-4-5-9-19-16)12-14-7-8-17(21-2)15(10-14)11-18/h4-10H,3,11-13,18H2,1-2H3. The zero-order valence-electron chi connectivity index (χ0n) is 12.7. The Morgan fingerprint density at radius 1 is 1.19 bits per heavy atom. The summed E-state index contributed by atoms with van der Waals surface area (Å²) in [5.41, 5.74) is 9.16. The van der Waals surface area contributed by atoms with Crippen LogP contribution in [0.5, 0.6) is 5.75 Å². The Morgan fingerprint density at radius 3 is 2.67 bits per heavy atom. The van der Waals surface area contributed by atoms with E-state index in [1.165, 1.54) is 5.56 Å². The first-order chi connectivity index (χ1) is 10.3. The third-order valence-corrected chi connectivity index (χ3v) is 3.53. The van der Waals surface area contributed by atoms with Crippen molar-refractivity contribution < 1.29 is 4.74 Å². The molecule has 1 aromatic heterocycles. The molecule has 4 nitrogen and oxygen atoms in total. The maximum Gasteiger partial charge on any atom is 0.123 e. The second kappa shape index (κ2) is 7.76. The molecule has 0 aliphatic heterocycles. The summed E-state index contributed by atoms with van der Waals surface area (Å²) in [5, 5.41) is 0. The zero-order chi connectivity index (χ0) is 15.1. The van der Waals surface area contributed by atoms with Crippen molar-refractivity contribution in [1.82, 2.24) is 9.88 Å². The normalized spacial score (nSPS) is 10.9. The summed E-state index contributed by atoms with van der Waals surface area (Å²) >= 11 is 0. The highest BCUT2D eigenvalue weighted by molar-refractivity contribution is 5.37. The summed E-state index contributed by atoms with van der Waals surface area (Å²) < 4.78 is 5.31. The Morgan fingerprint density at radius 2 is 2.05 bits per heavy atom. The smallest absolute Gasteiger partial charge is 0.123 e. The Kier molecular flexibility index (Phi) is 5.72. The van der Waals surface area contributed by atoms with Crippen molar-refractivity contribution in [1.29, 1.82) is 0 Å². The quantitative estimate of drug-likeness (QED) is 0.849. The van der Waals surface area contributed by atoms with Crippen LogP contribution in [0.2, 0.25) is 0 Å². The molecule has 21 heavy (non-hydrogen) atoms. The van der Waals surface area contributed by atoms with Gasteiger partial charge in [-0.1, -0.05) is 19.1 Å². The second-order valence-corrected chi connectivity index (χ2v) is 4.97. The predicted octanol–water partition coefficient (Wildman–Crippen LogP) is 2.57. The number of methoxy groups -OCH3 is 1. The van der Waals surface area contributed by atoms with E-state index >= 15 is 0 Å². The number of hydrogen-bond acceptors (Lipinski definition) is 4. The van der Waals surface area contributed by atoms with E-state index in [-0.39, 0.29) is 0 Å². The highest BCUT2D eigenvalue weighted by atomic mass is 16.5. The van der Waals surface area contributed by atoms with Gasteiger partial charge in [-0.2, -0.15) is 0 Å². The SMILES string of the molecule is CCN(Cc1ccc(OC)c(CN)c1)Cc1ccccn1. The molecule has 0 saturated carbocycles. The molecule has 2 aromatic rings. The van der Waals surface area contributed by atoms with E-state index in [4.69, 9.17) is 10.5 Å². The van der Waals surface area contributed by atoms with Crippen molar-refractivity contribution in [2.24, 2.45) is 5.73 Å². The summed E-state index contributed by atoms with van der Waals surface area (Å²) in [6.45, 7) is 5.35. The first-order valence-electron chi connectivity index (χ1n) is 7.25. The molecule has 0 amide bonds. The minimum atomic E-state index is 0.489. The zero-order valence-corrected chi connectivity index (χ0v) is 12.7. The van der Waals surface area contributed by atoms with Crippen LogP contribution in [0.4, 0.5) is 0 Å². The fourth-order valence-corrected chi connectivity index (χ4v) is 2.35. The van der Waals surface area contributed by atoms with Gasteiger partial charge in [0, 0.05) is 31.4 Å². The van der Waals surface area contributed by atoms with Crippen molar-refractivity contribution in [3.63, 3.8) is 0 Å². The van der Waals surface area contributed by atoms with Gasteiger partial charge < -0.3 is 10.5 Å². The number of pyridine rings is 1. The molecule has 4 heteroatoms. The van der Waals surface area contributed by atoms with Crippen LogP contribution >= 0.6 is 0 Å². The minimum absolute atomic E-state index is 0.489. The molecule has 0 aliphatic rings. The fraction of sp³-hybridized carbons (Fsp3) is 0.353. The molecule has 0 radical (unpaired) electrons.